The summed E-state index contributed by atoms with van der Waals surface area (Å²) in [6.07, 6.45) is -1.21. The summed E-state index contributed by atoms with van der Waals surface area (Å²) in [4.78, 5) is 39.3. The van der Waals surface area contributed by atoms with Gasteiger partial charge in [0, 0.05) is 5.02 Å². The second-order valence-electron chi connectivity index (χ2n) is 8.99. The lowest BCUT2D eigenvalue weighted by Gasteiger charge is -2.39. The monoisotopic (exact) mass is 488 g/mol. The number of likely N-dealkylation sites (tertiary alicyclic amines) is 1. The maximum absolute atomic E-state index is 12.8. The lowest BCUT2D eigenvalue weighted by molar-refractivity contribution is -0.151. The van der Waals surface area contributed by atoms with Crippen LogP contribution in [0.4, 0.5) is 4.79 Å². The second-order valence-corrected chi connectivity index (χ2v) is 9.43. The van der Waals surface area contributed by atoms with Gasteiger partial charge in [0.25, 0.3) is 0 Å². The number of halogens is 1. The Hall–Kier alpha value is -3.26. The van der Waals surface area contributed by atoms with Crippen molar-refractivity contribution in [1.82, 2.24) is 10.2 Å². The molecule has 1 fully saturated rings. The van der Waals surface area contributed by atoms with Gasteiger partial charge in [-0.1, -0.05) is 41.9 Å². The quantitative estimate of drug-likeness (QED) is 0.565. The fourth-order valence-corrected chi connectivity index (χ4v) is 3.32. The predicted octanol–water partition coefficient (Wildman–Crippen LogP) is 3.96. The fourth-order valence-electron chi connectivity index (χ4n) is 3.20. The number of ether oxygens (including phenoxy) is 3. The molecule has 1 unspecified atom stereocenters. The Morgan fingerprint density at radius 1 is 1.06 bits per heavy atom. The van der Waals surface area contributed by atoms with Crippen molar-refractivity contribution in [1.29, 1.82) is 0 Å². The molecule has 0 radical (unpaired) electrons. The number of hydrogen-bond acceptors (Lipinski definition) is 6. The van der Waals surface area contributed by atoms with Gasteiger partial charge in [-0.2, -0.15) is 0 Å². The summed E-state index contributed by atoms with van der Waals surface area (Å²) >= 11 is 5.88. The highest BCUT2D eigenvalue weighted by Crippen LogP contribution is 2.21. The summed E-state index contributed by atoms with van der Waals surface area (Å²) in [7, 11) is 0. The van der Waals surface area contributed by atoms with Crippen molar-refractivity contribution in [2.24, 2.45) is 0 Å². The van der Waals surface area contributed by atoms with E-state index >= 15 is 0 Å². The first kappa shape index (κ1) is 25.4. The van der Waals surface area contributed by atoms with Crippen molar-refractivity contribution in [2.45, 2.75) is 51.5 Å². The van der Waals surface area contributed by atoms with Crippen LogP contribution in [0.5, 0.6) is 5.75 Å². The molecule has 182 valence electrons. The third-order valence-corrected chi connectivity index (χ3v) is 5.15. The molecule has 1 saturated heterocycles. The van der Waals surface area contributed by atoms with E-state index in [-0.39, 0.29) is 25.0 Å². The smallest absolute Gasteiger partial charge is 0.408 e. The van der Waals surface area contributed by atoms with Crippen LogP contribution in [-0.4, -0.2) is 53.7 Å². The van der Waals surface area contributed by atoms with Crippen LogP contribution >= 0.6 is 11.6 Å². The Morgan fingerprint density at radius 2 is 1.71 bits per heavy atom. The minimum Gasteiger partial charge on any atom is -0.487 e. The molecule has 1 aliphatic rings. The van der Waals surface area contributed by atoms with Crippen LogP contribution in [0.25, 0.3) is 0 Å². The molecule has 0 spiro atoms. The van der Waals surface area contributed by atoms with Crippen molar-refractivity contribution < 1.29 is 28.6 Å². The van der Waals surface area contributed by atoms with Gasteiger partial charge in [-0.25, -0.2) is 9.59 Å². The maximum Gasteiger partial charge on any atom is 0.408 e. The van der Waals surface area contributed by atoms with Crippen LogP contribution in [0.3, 0.4) is 0 Å². The average molecular weight is 489 g/mol. The molecule has 34 heavy (non-hydrogen) atoms. The standard InChI is InChI=1S/C25H29ClN2O6/c1-25(2,3)34-24(31)27-21(23(30)32-16-17-7-5-4-6-8-17)13-22(29)28-14-20(15-28)33-19-11-9-18(26)10-12-19/h4-12,20-21H,13-16H2,1-3H3,(H,27,31). The first-order valence-electron chi connectivity index (χ1n) is 11.0. The Labute approximate surface area is 204 Å². The largest absolute Gasteiger partial charge is 0.487 e. The molecule has 0 saturated carbocycles. The van der Waals surface area contributed by atoms with E-state index in [1.807, 2.05) is 30.3 Å². The van der Waals surface area contributed by atoms with Crippen molar-refractivity contribution in [3.05, 3.63) is 65.2 Å². The zero-order chi connectivity index (χ0) is 24.7. The van der Waals surface area contributed by atoms with Crippen LogP contribution in [0.1, 0.15) is 32.8 Å². The van der Waals surface area contributed by atoms with Gasteiger partial charge in [-0.05, 0) is 50.6 Å². The van der Waals surface area contributed by atoms with Crippen LogP contribution in [0.15, 0.2) is 54.6 Å². The third kappa shape index (κ3) is 7.95. The summed E-state index contributed by atoms with van der Waals surface area (Å²) in [5.41, 5.74) is 0.0409. The number of esters is 1. The molecule has 9 heteroatoms. The maximum atomic E-state index is 12.8. The van der Waals surface area contributed by atoms with Crippen molar-refractivity contribution in [3.8, 4) is 5.75 Å². The fraction of sp³-hybridized carbons (Fsp3) is 0.400. The molecule has 2 amide bonds. The molecule has 1 aliphatic heterocycles. The van der Waals surface area contributed by atoms with Crippen molar-refractivity contribution in [2.75, 3.05) is 13.1 Å². The molecule has 1 heterocycles. The number of carbonyl (C=O) groups is 3. The van der Waals surface area contributed by atoms with E-state index in [0.717, 1.165) is 5.56 Å². The van der Waals surface area contributed by atoms with Gasteiger partial charge in [-0.15, -0.1) is 0 Å². The highest BCUT2D eigenvalue weighted by Gasteiger charge is 2.36. The molecule has 1 atom stereocenters. The molecule has 2 aromatic rings. The van der Waals surface area contributed by atoms with Gasteiger partial charge in [0.15, 0.2) is 0 Å². The van der Waals surface area contributed by atoms with Gasteiger partial charge in [0.2, 0.25) is 5.91 Å². The van der Waals surface area contributed by atoms with E-state index in [2.05, 4.69) is 5.32 Å². The van der Waals surface area contributed by atoms with Crippen molar-refractivity contribution >= 4 is 29.6 Å². The summed E-state index contributed by atoms with van der Waals surface area (Å²) in [5.74, 6) is -0.346. The van der Waals surface area contributed by atoms with Gasteiger partial charge in [-0.3, -0.25) is 4.79 Å². The minimum absolute atomic E-state index is 0.0289. The van der Waals surface area contributed by atoms with Gasteiger partial charge in [0.1, 0.15) is 30.1 Å². The molecular weight excluding hydrogens is 460 g/mol. The minimum atomic E-state index is -1.18. The number of nitrogens with zero attached hydrogens (tertiary/aromatic N) is 1. The molecule has 2 aromatic carbocycles. The number of benzene rings is 2. The van der Waals surface area contributed by atoms with Crippen LogP contribution in [-0.2, 0) is 25.7 Å². The van der Waals surface area contributed by atoms with Crippen LogP contribution in [0.2, 0.25) is 5.02 Å². The number of alkyl carbamates (subject to hydrolysis) is 1. The summed E-state index contributed by atoms with van der Waals surface area (Å²) in [6, 6.07) is 14.9. The van der Waals surface area contributed by atoms with Crippen LogP contribution < -0.4 is 10.1 Å². The predicted molar refractivity (Wildman–Crippen MR) is 126 cm³/mol. The number of rotatable bonds is 8. The van der Waals surface area contributed by atoms with Gasteiger partial charge >= 0.3 is 12.1 Å². The topological polar surface area (TPSA) is 94.2 Å². The molecule has 0 aromatic heterocycles. The molecular formula is C25H29ClN2O6. The molecule has 3 rings (SSSR count). The zero-order valence-corrected chi connectivity index (χ0v) is 20.2. The Morgan fingerprint density at radius 3 is 2.32 bits per heavy atom. The van der Waals surface area contributed by atoms with E-state index in [0.29, 0.717) is 23.9 Å². The lowest BCUT2D eigenvalue weighted by Crippen LogP contribution is -2.57. The number of hydrogen-bond donors (Lipinski definition) is 1. The molecule has 8 nitrogen and oxygen atoms in total. The Kier molecular flexibility index (Phi) is 8.39. The van der Waals surface area contributed by atoms with Crippen LogP contribution in [0, 0.1) is 0 Å². The third-order valence-electron chi connectivity index (χ3n) is 4.90. The van der Waals surface area contributed by atoms with E-state index in [4.69, 9.17) is 25.8 Å². The SMILES string of the molecule is CC(C)(C)OC(=O)NC(CC(=O)N1CC(Oc2ccc(Cl)cc2)C1)C(=O)OCc1ccccc1. The number of amides is 2. The van der Waals surface area contributed by atoms with E-state index in [1.165, 1.54) is 0 Å². The highest BCUT2D eigenvalue weighted by molar-refractivity contribution is 6.30. The normalized spacial score (nSPS) is 14.5. The van der Waals surface area contributed by atoms with E-state index in [9.17, 15) is 14.4 Å². The molecule has 0 bridgehead atoms. The van der Waals surface area contributed by atoms with Gasteiger partial charge in [0.05, 0.1) is 19.5 Å². The second kappa shape index (κ2) is 11.2. The summed E-state index contributed by atoms with van der Waals surface area (Å²) in [5, 5.41) is 3.08. The number of carbonyl (C=O) groups excluding carboxylic acids is 3. The van der Waals surface area contributed by atoms with Gasteiger partial charge < -0.3 is 24.4 Å². The first-order valence-corrected chi connectivity index (χ1v) is 11.4. The molecule has 0 aliphatic carbocycles. The average Bonchev–Trinajstić information content (AvgIpc) is 2.74. The Balaban J connectivity index is 1.55. The van der Waals surface area contributed by atoms with E-state index < -0.39 is 23.7 Å². The summed E-state index contributed by atoms with van der Waals surface area (Å²) < 4.78 is 16.4. The zero-order valence-electron chi connectivity index (χ0n) is 19.5. The lowest BCUT2D eigenvalue weighted by atomic mass is 10.1. The Bertz CT molecular complexity index is 985. The van der Waals surface area contributed by atoms with Crippen molar-refractivity contribution in [3.63, 3.8) is 0 Å². The van der Waals surface area contributed by atoms with E-state index in [1.54, 1.807) is 49.9 Å². The molecule has 1 N–H and O–H groups in total. The first-order chi connectivity index (χ1) is 16.1. The highest BCUT2D eigenvalue weighted by atomic mass is 35.5. The number of nitrogens with one attached hydrogen (secondary N) is 1. The summed E-state index contributed by atoms with van der Waals surface area (Å²) in [6.45, 7) is 5.91.